The van der Waals surface area contributed by atoms with Crippen LogP contribution in [-0.2, 0) is 16.1 Å². The minimum absolute atomic E-state index is 0. The average Bonchev–Trinajstić information content (AvgIpc) is 3.32. The molecule has 2 aromatic carbocycles. The van der Waals surface area contributed by atoms with E-state index in [0.29, 0.717) is 37.2 Å². The molecule has 1 aliphatic heterocycles. The summed E-state index contributed by atoms with van der Waals surface area (Å²) in [4.78, 5) is 16.5. The zero-order valence-electron chi connectivity index (χ0n) is 18.6. The van der Waals surface area contributed by atoms with Gasteiger partial charge in [-0.2, -0.15) is 0 Å². The Morgan fingerprint density at radius 2 is 1.97 bits per heavy atom. The van der Waals surface area contributed by atoms with Crippen LogP contribution in [0.1, 0.15) is 25.3 Å². The Bertz CT molecular complexity index is 917. The third-order valence-corrected chi connectivity index (χ3v) is 4.83. The lowest BCUT2D eigenvalue weighted by atomic mass is 10.2. The SMILES string of the molecule is CCOc1cc(NC(=NC)NCc2cccc(NC(=O)C3CCCO3)c2)ccc1OC.I. The van der Waals surface area contributed by atoms with Crippen molar-refractivity contribution in [3.05, 3.63) is 48.0 Å². The quantitative estimate of drug-likeness (QED) is 0.260. The van der Waals surface area contributed by atoms with Crippen LogP contribution < -0.4 is 25.4 Å². The van der Waals surface area contributed by atoms with Crippen molar-refractivity contribution < 1.29 is 19.0 Å². The van der Waals surface area contributed by atoms with E-state index in [0.717, 1.165) is 29.8 Å². The van der Waals surface area contributed by atoms with Crippen LogP contribution in [0.25, 0.3) is 0 Å². The lowest BCUT2D eigenvalue weighted by Gasteiger charge is -2.15. The Hall–Kier alpha value is -2.53. The summed E-state index contributed by atoms with van der Waals surface area (Å²) < 4.78 is 16.4. The molecule has 9 heteroatoms. The molecule has 1 atom stereocenters. The van der Waals surface area contributed by atoms with E-state index in [-0.39, 0.29) is 36.0 Å². The zero-order chi connectivity index (χ0) is 22.1. The molecule has 0 aliphatic carbocycles. The van der Waals surface area contributed by atoms with Crippen molar-refractivity contribution in [3.8, 4) is 11.5 Å². The topological polar surface area (TPSA) is 93.2 Å². The van der Waals surface area contributed by atoms with Crippen LogP contribution in [0.4, 0.5) is 11.4 Å². The third kappa shape index (κ3) is 7.27. The van der Waals surface area contributed by atoms with Crippen LogP contribution in [-0.4, -0.2) is 45.3 Å². The molecule has 1 fully saturated rings. The highest BCUT2D eigenvalue weighted by molar-refractivity contribution is 14.0. The van der Waals surface area contributed by atoms with Crippen molar-refractivity contribution in [2.45, 2.75) is 32.4 Å². The number of carbonyl (C=O) groups excluding carboxylic acids is 1. The summed E-state index contributed by atoms with van der Waals surface area (Å²) >= 11 is 0. The van der Waals surface area contributed by atoms with Gasteiger partial charge in [-0.3, -0.25) is 9.79 Å². The van der Waals surface area contributed by atoms with E-state index < -0.39 is 0 Å². The molecule has 0 radical (unpaired) electrons. The number of ether oxygens (including phenoxy) is 3. The first-order valence-electron chi connectivity index (χ1n) is 10.4. The Labute approximate surface area is 206 Å². The van der Waals surface area contributed by atoms with E-state index in [2.05, 4.69) is 20.9 Å². The Kier molecular flexibility index (Phi) is 10.5. The van der Waals surface area contributed by atoms with E-state index in [1.165, 1.54) is 0 Å². The molecule has 3 rings (SSSR count). The fraction of sp³-hybridized carbons (Fsp3) is 0.391. The summed E-state index contributed by atoms with van der Waals surface area (Å²) in [5.74, 6) is 1.86. The van der Waals surface area contributed by atoms with Crippen molar-refractivity contribution >= 4 is 47.2 Å². The number of hydrogen-bond donors (Lipinski definition) is 3. The van der Waals surface area contributed by atoms with Crippen molar-refractivity contribution in [1.82, 2.24) is 5.32 Å². The maximum Gasteiger partial charge on any atom is 0.253 e. The van der Waals surface area contributed by atoms with Gasteiger partial charge in [0, 0.05) is 37.6 Å². The lowest BCUT2D eigenvalue weighted by molar-refractivity contribution is -0.124. The molecule has 1 aliphatic rings. The maximum absolute atomic E-state index is 12.3. The number of methoxy groups -OCH3 is 1. The molecule has 0 saturated carbocycles. The van der Waals surface area contributed by atoms with Gasteiger partial charge < -0.3 is 30.2 Å². The highest BCUT2D eigenvalue weighted by Crippen LogP contribution is 2.30. The van der Waals surface area contributed by atoms with Crippen LogP contribution in [0.2, 0.25) is 0 Å². The van der Waals surface area contributed by atoms with Crippen molar-refractivity contribution in [2.24, 2.45) is 4.99 Å². The fourth-order valence-corrected chi connectivity index (χ4v) is 3.29. The molecule has 1 saturated heterocycles. The smallest absolute Gasteiger partial charge is 0.253 e. The van der Waals surface area contributed by atoms with E-state index in [1.807, 2.05) is 49.4 Å². The molecule has 174 valence electrons. The highest BCUT2D eigenvalue weighted by atomic mass is 127. The number of carbonyl (C=O) groups is 1. The Morgan fingerprint density at radius 1 is 1.16 bits per heavy atom. The van der Waals surface area contributed by atoms with Crippen LogP contribution in [0.5, 0.6) is 11.5 Å². The number of nitrogens with zero attached hydrogens (tertiary/aromatic N) is 1. The van der Waals surface area contributed by atoms with Gasteiger partial charge >= 0.3 is 0 Å². The second-order valence-corrected chi connectivity index (χ2v) is 7.04. The molecular weight excluding hydrogens is 523 g/mol. The van der Waals surface area contributed by atoms with Gasteiger partial charge in [-0.15, -0.1) is 24.0 Å². The number of rotatable bonds is 8. The monoisotopic (exact) mass is 554 g/mol. The summed E-state index contributed by atoms with van der Waals surface area (Å²) in [5.41, 5.74) is 2.59. The molecule has 3 N–H and O–H groups in total. The molecule has 8 nitrogen and oxygen atoms in total. The molecule has 1 amide bonds. The Balaban J connectivity index is 0.00000363. The first-order valence-corrected chi connectivity index (χ1v) is 10.4. The van der Waals surface area contributed by atoms with E-state index in [9.17, 15) is 4.79 Å². The van der Waals surface area contributed by atoms with Crippen LogP contribution >= 0.6 is 24.0 Å². The minimum atomic E-state index is -0.351. The Morgan fingerprint density at radius 3 is 2.66 bits per heavy atom. The highest BCUT2D eigenvalue weighted by Gasteiger charge is 2.23. The van der Waals surface area contributed by atoms with Crippen molar-refractivity contribution in [2.75, 3.05) is 38.0 Å². The van der Waals surface area contributed by atoms with Crippen LogP contribution in [0.15, 0.2) is 47.5 Å². The number of anilines is 2. The van der Waals surface area contributed by atoms with E-state index in [4.69, 9.17) is 14.2 Å². The number of halogens is 1. The summed E-state index contributed by atoms with van der Waals surface area (Å²) in [6.07, 6.45) is 1.34. The standard InChI is InChI=1S/C23H30N4O4.HI/c1-4-30-21-14-18(10-11-19(21)29-3)27-23(24-2)25-15-16-7-5-8-17(13-16)26-22(28)20-9-6-12-31-20;/h5,7-8,10-11,13-14,20H,4,6,9,12,15H2,1-3H3,(H,26,28)(H2,24,25,27);1H. The minimum Gasteiger partial charge on any atom is -0.493 e. The van der Waals surface area contributed by atoms with E-state index in [1.54, 1.807) is 14.2 Å². The molecule has 2 aromatic rings. The summed E-state index contributed by atoms with van der Waals surface area (Å²) in [5, 5.41) is 9.46. The predicted molar refractivity (Wildman–Crippen MR) is 137 cm³/mol. The largest absolute Gasteiger partial charge is 0.493 e. The normalized spacial score (nSPS) is 15.5. The molecule has 32 heavy (non-hydrogen) atoms. The van der Waals surface area contributed by atoms with Crippen LogP contribution in [0.3, 0.4) is 0 Å². The van der Waals surface area contributed by atoms with Crippen molar-refractivity contribution in [1.29, 1.82) is 0 Å². The zero-order valence-corrected chi connectivity index (χ0v) is 21.0. The van der Waals surface area contributed by atoms with Gasteiger partial charge in [-0.1, -0.05) is 12.1 Å². The first kappa shape index (κ1) is 25.7. The fourth-order valence-electron chi connectivity index (χ4n) is 3.29. The molecule has 0 spiro atoms. The number of amides is 1. The molecule has 0 bridgehead atoms. The third-order valence-electron chi connectivity index (χ3n) is 4.83. The molecule has 0 aromatic heterocycles. The van der Waals surface area contributed by atoms with Gasteiger partial charge in [0.05, 0.1) is 13.7 Å². The van der Waals surface area contributed by atoms with Gasteiger partial charge in [0.1, 0.15) is 6.10 Å². The summed E-state index contributed by atoms with van der Waals surface area (Å²) in [7, 11) is 3.32. The maximum atomic E-state index is 12.3. The summed E-state index contributed by atoms with van der Waals surface area (Å²) in [6.45, 7) is 3.66. The molecular formula is C23H31IN4O4. The number of guanidine groups is 1. The van der Waals surface area contributed by atoms with E-state index >= 15 is 0 Å². The van der Waals surface area contributed by atoms with Gasteiger partial charge in [-0.05, 0) is 49.6 Å². The van der Waals surface area contributed by atoms with Crippen molar-refractivity contribution in [3.63, 3.8) is 0 Å². The number of nitrogens with one attached hydrogen (secondary N) is 3. The second-order valence-electron chi connectivity index (χ2n) is 7.04. The van der Waals surface area contributed by atoms with Gasteiger partial charge in [0.2, 0.25) is 0 Å². The van der Waals surface area contributed by atoms with Gasteiger partial charge in [-0.25, -0.2) is 0 Å². The predicted octanol–water partition coefficient (Wildman–Crippen LogP) is 4.02. The van der Waals surface area contributed by atoms with Gasteiger partial charge in [0.25, 0.3) is 5.91 Å². The lowest BCUT2D eigenvalue weighted by Crippen LogP contribution is -2.30. The molecule has 1 heterocycles. The number of aliphatic imine (C=N–C) groups is 1. The molecule has 1 unspecified atom stereocenters. The van der Waals surface area contributed by atoms with Crippen LogP contribution in [0, 0.1) is 0 Å². The first-order chi connectivity index (χ1) is 15.1. The second kappa shape index (κ2) is 13.1. The average molecular weight is 554 g/mol. The number of benzene rings is 2. The summed E-state index contributed by atoms with van der Waals surface area (Å²) in [6, 6.07) is 13.3. The number of hydrogen-bond acceptors (Lipinski definition) is 5. The van der Waals surface area contributed by atoms with Gasteiger partial charge in [0.15, 0.2) is 17.5 Å².